The maximum absolute atomic E-state index is 13.5. The maximum Gasteiger partial charge on any atom is 0.298 e. The minimum atomic E-state index is -2.45. The molecule has 1 heterocycles. The van der Waals surface area contributed by atoms with Crippen molar-refractivity contribution < 1.29 is 13.7 Å². The SMILES string of the molecule is CC[NH+]1CCC(C(C)C)C(F)(F)C1. The van der Waals surface area contributed by atoms with Gasteiger partial charge >= 0.3 is 0 Å². The topological polar surface area (TPSA) is 4.44 Å². The van der Waals surface area contributed by atoms with E-state index in [1.807, 2.05) is 20.8 Å². The van der Waals surface area contributed by atoms with Gasteiger partial charge in [-0.3, -0.25) is 0 Å². The lowest BCUT2D eigenvalue weighted by molar-refractivity contribution is -0.914. The van der Waals surface area contributed by atoms with Crippen molar-refractivity contribution in [3.63, 3.8) is 0 Å². The van der Waals surface area contributed by atoms with Crippen LogP contribution in [0.5, 0.6) is 0 Å². The fourth-order valence-corrected chi connectivity index (χ4v) is 2.25. The van der Waals surface area contributed by atoms with Gasteiger partial charge in [0.05, 0.1) is 13.1 Å². The summed E-state index contributed by atoms with van der Waals surface area (Å²) in [5.74, 6) is -2.74. The van der Waals surface area contributed by atoms with Crippen LogP contribution in [0.3, 0.4) is 0 Å². The van der Waals surface area contributed by atoms with E-state index < -0.39 is 11.8 Å². The maximum atomic E-state index is 13.5. The Bertz CT molecular complexity index is 168. The van der Waals surface area contributed by atoms with E-state index in [-0.39, 0.29) is 12.5 Å². The number of alkyl halides is 2. The lowest BCUT2D eigenvalue weighted by Crippen LogP contribution is -3.14. The van der Waals surface area contributed by atoms with Crippen molar-refractivity contribution in [1.82, 2.24) is 0 Å². The molecule has 0 aliphatic carbocycles. The summed E-state index contributed by atoms with van der Waals surface area (Å²) in [4.78, 5) is 1.04. The average Bonchev–Trinajstić information content (AvgIpc) is 2.01. The Labute approximate surface area is 79.1 Å². The second kappa shape index (κ2) is 3.91. The highest BCUT2D eigenvalue weighted by Gasteiger charge is 2.47. The van der Waals surface area contributed by atoms with Crippen LogP contribution in [0.25, 0.3) is 0 Å². The zero-order valence-corrected chi connectivity index (χ0v) is 8.74. The zero-order valence-electron chi connectivity index (χ0n) is 8.74. The number of piperidine rings is 1. The Balaban J connectivity index is 2.62. The molecule has 0 aromatic heterocycles. The van der Waals surface area contributed by atoms with Crippen LogP contribution < -0.4 is 4.90 Å². The lowest BCUT2D eigenvalue weighted by Gasteiger charge is -2.37. The Hall–Kier alpha value is -0.180. The molecule has 13 heavy (non-hydrogen) atoms. The fraction of sp³-hybridized carbons (Fsp3) is 1.00. The van der Waals surface area contributed by atoms with E-state index in [1.165, 1.54) is 0 Å². The summed E-state index contributed by atoms with van der Waals surface area (Å²) in [6.07, 6.45) is 0.674. The molecule has 1 N–H and O–H groups in total. The average molecular weight is 192 g/mol. The minimum absolute atomic E-state index is 0.0341. The minimum Gasteiger partial charge on any atom is -0.330 e. The first kappa shape index (κ1) is 10.9. The molecule has 1 nitrogen and oxygen atoms in total. The lowest BCUT2D eigenvalue weighted by atomic mass is 9.83. The second-order valence-electron chi connectivity index (χ2n) is 4.43. The summed E-state index contributed by atoms with van der Waals surface area (Å²) in [5.41, 5.74) is 0. The molecule has 1 fully saturated rings. The summed E-state index contributed by atoms with van der Waals surface area (Å²) >= 11 is 0. The summed E-state index contributed by atoms with van der Waals surface area (Å²) < 4.78 is 27.1. The van der Waals surface area contributed by atoms with Gasteiger partial charge in [-0.2, -0.15) is 0 Å². The number of rotatable bonds is 2. The van der Waals surface area contributed by atoms with Crippen LogP contribution >= 0.6 is 0 Å². The van der Waals surface area contributed by atoms with E-state index in [9.17, 15) is 8.78 Å². The highest BCUT2D eigenvalue weighted by atomic mass is 19.3. The fourth-order valence-electron chi connectivity index (χ4n) is 2.25. The van der Waals surface area contributed by atoms with Crippen LogP contribution in [0.1, 0.15) is 27.2 Å². The molecule has 1 aliphatic rings. The predicted molar refractivity (Wildman–Crippen MR) is 49.1 cm³/mol. The van der Waals surface area contributed by atoms with Gasteiger partial charge in [-0.05, 0) is 12.8 Å². The molecule has 0 aromatic rings. The van der Waals surface area contributed by atoms with E-state index in [2.05, 4.69) is 0 Å². The summed E-state index contributed by atoms with van der Waals surface area (Å²) in [5, 5.41) is 0. The first-order valence-electron chi connectivity index (χ1n) is 5.18. The molecule has 1 aliphatic heterocycles. The van der Waals surface area contributed by atoms with Gasteiger partial charge in [0.2, 0.25) is 0 Å². The first-order valence-corrected chi connectivity index (χ1v) is 5.18. The Morgan fingerprint density at radius 2 is 2.08 bits per heavy atom. The normalized spacial score (nSPS) is 33.7. The van der Waals surface area contributed by atoms with E-state index in [0.29, 0.717) is 6.42 Å². The molecule has 0 spiro atoms. The third-order valence-corrected chi connectivity index (χ3v) is 3.14. The van der Waals surface area contributed by atoms with Crippen molar-refractivity contribution in [2.75, 3.05) is 19.6 Å². The van der Waals surface area contributed by atoms with E-state index >= 15 is 0 Å². The number of hydrogen-bond donors (Lipinski definition) is 1. The van der Waals surface area contributed by atoms with Crippen LogP contribution in [-0.4, -0.2) is 25.6 Å². The number of hydrogen-bond acceptors (Lipinski definition) is 0. The Morgan fingerprint density at radius 1 is 1.46 bits per heavy atom. The Morgan fingerprint density at radius 3 is 2.46 bits per heavy atom. The molecule has 0 bridgehead atoms. The van der Waals surface area contributed by atoms with Gasteiger partial charge in [-0.1, -0.05) is 13.8 Å². The predicted octanol–water partition coefficient (Wildman–Crippen LogP) is 1.20. The monoisotopic (exact) mass is 192 g/mol. The van der Waals surface area contributed by atoms with Gasteiger partial charge in [0.1, 0.15) is 6.54 Å². The summed E-state index contributed by atoms with van der Waals surface area (Å²) in [6.45, 7) is 7.54. The van der Waals surface area contributed by atoms with E-state index in [4.69, 9.17) is 0 Å². The van der Waals surface area contributed by atoms with E-state index in [1.54, 1.807) is 0 Å². The number of halogens is 2. The molecular weight excluding hydrogens is 172 g/mol. The second-order valence-corrected chi connectivity index (χ2v) is 4.43. The van der Waals surface area contributed by atoms with Crippen LogP contribution in [0.2, 0.25) is 0 Å². The Kier molecular flexibility index (Phi) is 3.28. The van der Waals surface area contributed by atoms with Crippen LogP contribution in [0.4, 0.5) is 8.78 Å². The smallest absolute Gasteiger partial charge is 0.298 e. The zero-order chi connectivity index (χ0) is 10.1. The summed E-state index contributed by atoms with van der Waals surface area (Å²) in [7, 11) is 0. The van der Waals surface area contributed by atoms with Crippen LogP contribution in [0.15, 0.2) is 0 Å². The quantitative estimate of drug-likeness (QED) is 0.670. The van der Waals surface area contributed by atoms with Gasteiger partial charge < -0.3 is 4.90 Å². The number of likely N-dealkylation sites (tertiary alicyclic amines) is 1. The van der Waals surface area contributed by atoms with Crippen LogP contribution in [0, 0.1) is 11.8 Å². The molecule has 0 radical (unpaired) electrons. The third-order valence-electron chi connectivity index (χ3n) is 3.14. The number of quaternary nitrogens is 1. The molecule has 0 saturated carbocycles. The van der Waals surface area contributed by atoms with Crippen molar-refractivity contribution in [3.05, 3.63) is 0 Å². The first-order chi connectivity index (χ1) is 5.97. The highest BCUT2D eigenvalue weighted by molar-refractivity contribution is 4.81. The van der Waals surface area contributed by atoms with Gasteiger partial charge in [0, 0.05) is 12.3 Å². The van der Waals surface area contributed by atoms with Gasteiger partial charge in [-0.25, -0.2) is 8.78 Å². The highest BCUT2D eigenvalue weighted by Crippen LogP contribution is 2.33. The molecule has 1 saturated heterocycles. The van der Waals surface area contributed by atoms with Crippen molar-refractivity contribution >= 4 is 0 Å². The molecule has 78 valence electrons. The van der Waals surface area contributed by atoms with Crippen LogP contribution in [-0.2, 0) is 0 Å². The molecule has 0 amide bonds. The number of nitrogens with one attached hydrogen (secondary N) is 1. The molecule has 2 atom stereocenters. The van der Waals surface area contributed by atoms with Gasteiger partial charge in [-0.15, -0.1) is 0 Å². The molecular formula is C10H20F2N+. The van der Waals surface area contributed by atoms with Crippen molar-refractivity contribution in [2.24, 2.45) is 11.8 Å². The molecule has 3 heteroatoms. The van der Waals surface area contributed by atoms with Crippen molar-refractivity contribution in [1.29, 1.82) is 0 Å². The standard InChI is InChI=1S/C10H19F2N/c1-4-13-6-5-9(8(2)3)10(11,12)7-13/h8-9H,4-7H2,1-3H3/p+1. The molecule has 0 aromatic carbocycles. The van der Waals surface area contributed by atoms with Crippen molar-refractivity contribution in [2.45, 2.75) is 33.1 Å². The van der Waals surface area contributed by atoms with Gasteiger partial charge in [0.15, 0.2) is 0 Å². The third kappa shape index (κ3) is 2.39. The molecule has 1 rings (SSSR count). The van der Waals surface area contributed by atoms with Crippen molar-refractivity contribution in [3.8, 4) is 0 Å². The molecule has 2 unspecified atom stereocenters. The summed E-state index contributed by atoms with van der Waals surface area (Å²) in [6, 6.07) is 0. The van der Waals surface area contributed by atoms with E-state index in [0.717, 1.165) is 18.0 Å². The largest absolute Gasteiger partial charge is 0.330 e. The van der Waals surface area contributed by atoms with Gasteiger partial charge in [0.25, 0.3) is 5.92 Å².